The van der Waals surface area contributed by atoms with Gasteiger partial charge in [0.25, 0.3) is 5.56 Å². The largest absolute Gasteiger partial charge is 0.442 e. The monoisotopic (exact) mass is 376 g/mol. The van der Waals surface area contributed by atoms with E-state index >= 15 is 0 Å². The predicted octanol–water partition coefficient (Wildman–Crippen LogP) is 3.29. The van der Waals surface area contributed by atoms with Crippen LogP contribution in [0.25, 0.3) is 0 Å². The zero-order valence-corrected chi connectivity index (χ0v) is 15.4. The van der Waals surface area contributed by atoms with E-state index in [0.717, 1.165) is 4.68 Å². The van der Waals surface area contributed by atoms with Crippen molar-refractivity contribution in [2.45, 2.75) is 59.7 Å². The Kier molecular flexibility index (Phi) is 4.96. The van der Waals surface area contributed by atoms with Gasteiger partial charge in [-0.2, -0.15) is 4.68 Å². The lowest BCUT2D eigenvalue weighted by molar-refractivity contribution is 0.0359. The average Bonchev–Trinajstić information content (AvgIpc) is 2.49. The SMILES string of the molecule is Cc1c(Br)c(=O)n(C(=O)OC(C)(C)C)n1C(=O)OC(C)(C)C. The van der Waals surface area contributed by atoms with Crippen molar-refractivity contribution in [2.75, 3.05) is 0 Å². The van der Waals surface area contributed by atoms with Crippen LogP contribution < -0.4 is 5.56 Å². The zero-order valence-electron chi connectivity index (χ0n) is 13.8. The maximum absolute atomic E-state index is 12.3. The van der Waals surface area contributed by atoms with E-state index in [1.54, 1.807) is 41.5 Å². The number of carbonyl (C=O) groups excluding carboxylic acids is 2. The van der Waals surface area contributed by atoms with Crippen molar-refractivity contribution in [3.63, 3.8) is 0 Å². The molecule has 0 radical (unpaired) electrons. The maximum Gasteiger partial charge on any atom is 0.437 e. The summed E-state index contributed by atoms with van der Waals surface area (Å²) in [5.41, 5.74) is -2.00. The van der Waals surface area contributed by atoms with Crippen molar-refractivity contribution in [2.24, 2.45) is 0 Å². The van der Waals surface area contributed by atoms with E-state index in [4.69, 9.17) is 9.47 Å². The number of ether oxygens (including phenoxy) is 2. The molecule has 0 amide bonds. The highest BCUT2D eigenvalue weighted by Crippen LogP contribution is 2.17. The molecule has 1 heterocycles. The van der Waals surface area contributed by atoms with Gasteiger partial charge in [0, 0.05) is 0 Å². The van der Waals surface area contributed by atoms with Gasteiger partial charge < -0.3 is 9.47 Å². The second-order valence-electron chi connectivity index (χ2n) is 6.79. The van der Waals surface area contributed by atoms with E-state index in [-0.39, 0.29) is 10.2 Å². The summed E-state index contributed by atoms with van der Waals surface area (Å²) < 4.78 is 12.0. The third kappa shape index (κ3) is 4.22. The van der Waals surface area contributed by atoms with Gasteiger partial charge in [-0.25, -0.2) is 9.59 Å². The Morgan fingerprint density at radius 3 is 1.64 bits per heavy atom. The van der Waals surface area contributed by atoms with Crippen molar-refractivity contribution in [1.82, 2.24) is 9.36 Å². The Hall–Kier alpha value is -1.57. The van der Waals surface area contributed by atoms with Gasteiger partial charge in [0.1, 0.15) is 15.7 Å². The lowest BCUT2D eigenvalue weighted by Gasteiger charge is -2.23. The Morgan fingerprint density at radius 2 is 1.27 bits per heavy atom. The van der Waals surface area contributed by atoms with E-state index in [1.165, 1.54) is 6.92 Å². The summed E-state index contributed by atoms with van der Waals surface area (Å²) in [6.07, 6.45) is -1.78. The fourth-order valence-corrected chi connectivity index (χ4v) is 1.91. The summed E-state index contributed by atoms with van der Waals surface area (Å²) in [6.45, 7) is 11.6. The number of hydrogen-bond donors (Lipinski definition) is 0. The van der Waals surface area contributed by atoms with Crippen LogP contribution in [0.1, 0.15) is 47.2 Å². The van der Waals surface area contributed by atoms with Crippen molar-refractivity contribution in [3.05, 3.63) is 20.5 Å². The van der Waals surface area contributed by atoms with Crippen LogP contribution in [0.2, 0.25) is 0 Å². The molecule has 22 heavy (non-hydrogen) atoms. The van der Waals surface area contributed by atoms with Gasteiger partial charge in [-0.3, -0.25) is 4.79 Å². The van der Waals surface area contributed by atoms with Gasteiger partial charge >= 0.3 is 12.2 Å². The lowest BCUT2D eigenvalue weighted by atomic mass is 10.2. The van der Waals surface area contributed by atoms with Crippen LogP contribution >= 0.6 is 15.9 Å². The maximum atomic E-state index is 12.3. The number of hydrogen-bond acceptors (Lipinski definition) is 5. The van der Waals surface area contributed by atoms with Gasteiger partial charge in [0.15, 0.2) is 0 Å². The fourth-order valence-electron chi connectivity index (χ4n) is 1.58. The van der Waals surface area contributed by atoms with Gasteiger partial charge in [0.05, 0.1) is 5.69 Å². The molecule has 1 rings (SSSR count). The molecule has 0 bridgehead atoms. The van der Waals surface area contributed by atoms with Crippen LogP contribution in [0.4, 0.5) is 9.59 Å². The van der Waals surface area contributed by atoms with Gasteiger partial charge in [-0.05, 0) is 64.4 Å². The average molecular weight is 377 g/mol. The van der Waals surface area contributed by atoms with Gasteiger partial charge in [-0.15, -0.1) is 4.68 Å². The first-order valence-corrected chi connectivity index (χ1v) is 7.51. The molecule has 0 saturated heterocycles. The Labute approximate surface area is 137 Å². The number of rotatable bonds is 0. The first-order valence-electron chi connectivity index (χ1n) is 6.71. The molecule has 0 aliphatic rings. The summed E-state index contributed by atoms with van der Waals surface area (Å²) in [5.74, 6) is 0. The Bertz CT molecular complexity index is 658. The van der Waals surface area contributed by atoms with Crippen molar-refractivity contribution < 1.29 is 19.1 Å². The van der Waals surface area contributed by atoms with E-state index in [1.807, 2.05) is 0 Å². The first kappa shape index (κ1) is 18.5. The number of carbonyl (C=O) groups is 2. The molecule has 0 N–H and O–H groups in total. The van der Waals surface area contributed by atoms with E-state index in [2.05, 4.69) is 15.9 Å². The highest BCUT2D eigenvalue weighted by molar-refractivity contribution is 9.10. The van der Waals surface area contributed by atoms with E-state index in [9.17, 15) is 14.4 Å². The second-order valence-corrected chi connectivity index (χ2v) is 7.58. The highest BCUT2D eigenvalue weighted by atomic mass is 79.9. The summed E-state index contributed by atoms with van der Waals surface area (Å²) in [4.78, 5) is 36.7. The summed E-state index contributed by atoms with van der Waals surface area (Å²) in [6, 6.07) is 0. The van der Waals surface area contributed by atoms with Crippen molar-refractivity contribution >= 4 is 28.1 Å². The molecule has 0 atom stereocenters. The topological polar surface area (TPSA) is 79.5 Å². The molecule has 1 aromatic rings. The Balaban J connectivity index is 3.40. The van der Waals surface area contributed by atoms with Gasteiger partial charge in [-0.1, -0.05) is 0 Å². The highest BCUT2D eigenvalue weighted by Gasteiger charge is 2.30. The van der Waals surface area contributed by atoms with Crippen LogP contribution in [-0.2, 0) is 9.47 Å². The molecule has 0 spiro atoms. The fraction of sp³-hybridized carbons (Fsp3) is 0.643. The van der Waals surface area contributed by atoms with Crippen molar-refractivity contribution in [3.8, 4) is 0 Å². The first-order chi connectivity index (χ1) is 9.74. The molecular formula is C14H21BrN2O5. The van der Waals surface area contributed by atoms with Crippen LogP contribution in [0.5, 0.6) is 0 Å². The lowest BCUT2D eigenvalue weighted by Crippen LogP contribution is -2.39. The van der Waals surface area contributed by atoms with Crippen molar-refractivity contribution in [1.29, 1.82) is 0 Å². The summed E-state index contributed by atoms with van der Waals surface area (Å²) in [7, 11) is 0. The molecule has 0 fully saturated rings. The minimum absolute atomic E-state index is 0.101. The number of nitrogens with zero attached hydrogens (tertiary/aromatic N) is 2. The van der Waals surface area contributed by atoms with Gasteiger partial charge in [0.2, 0.25) is 0 Å². The molecule has 0 aliphatic heterocycles. The molecule has 8 heteroatoms. The molecule has 0 aliphatic carbocycles. The minimum Gasteiger partial charge on any atom is -0.442 e. The molecule has 7 nitrogen and oxygen atoms in total. The zero-order chi connectivity index (χ0) is 17.5. The minimum atomic E-state index is -0.947. The number of halogens is 1. The predicted molar refractivity (Wildman–Crippen MR) is 84.4 cm³/mol. The molecule has 0 unspecified atom stereocenters. The van der Waals surface area contributed by atoms with Crippen LogP contribution in [-0.4, -0.2) is 32.8 Å². The van der Waals surface area contributed by atoms with Crippen LogP contribution in [0.15, 0.2) is 9.27 Å². The molecule has 124 valence electrons. The molecule has 1 aromatic heterocycles. The standard InChI is InChI=1S/C14H21BrN2O5/c1-8-9(15)10(18)17(12(20)22-14(5,6)7)16(8)11(19)21-13(2,3)4/h1-7H3. The third-order valence-electron chi connectivity index (χ3n) is 2.35. The normalized spacial score (nSPS) is 12.2. The molecule has 0 aromatic carbocycles. The van der Waals surface area contributed by atoms with Crippen LogP contribution in [0, 0.1) is 6.92 Å². The quantitative estimate of drug-likeness (QED) is 0.693. The number of aromatic nitrogens is 2. The summed E-state index contributed by atoms with van der Waals surface area (Å²) in [5, 5.41) is 0. The third-order valence-corrected chi connectivity index (χ3v) is 3.26. The summed E-state index contributed by atoms with van der Waals surface area (Å²) >= 11 is 3.08. The Morgan fingerprint density at radius 1 is 0.909 bits per heavy atom. The second kappa shape index (κ2) is 5.91. The molecular weight excluding hydrogens is 356 g/mol. The van der Waals surface area contributed by atoms with Crippen LogP contribution in [0.3, 0.4) is 0 Å². The smallest absolute Gasteiger partial charge is 0.437 e. The van der Waals surface area contributed by atoms with E-state index in [0.29, 0.717) is 4.68 Å². The molecule has 0 saturated carbocycles. The van der Waals surface area contributed by atoms with E-state index < -0.39 is 28.9 Å².